The van der Waals surface area contributed by atoms with Gasteiger partial charge in [0.05, 0.1) is 11.3 Å². The fraction of sp³-hybridized carbons (Fsp3) is 0.125. The van der Waals surface area contributed by atoms with Crippen LogP contribution in [0.15, 0.2) is 48.8 Å². The highest BCUT2D eigenvalue weighted by Gasteiger charge is 2.33. The van der Waals surface area contributed by atoms with Gasteiger partial charge in [0.25, 0.3) is 5.91 Å². The minimum atomic E-state index is -4.54. The van der Waals surface area contributed by atoms with Gasteiger partial charge >= 0.3 is 6.18 Å². The molecular formula is C16H12F3N3O. The van der Waals surface area contributed by atoms with Crippen LogP contribution in [0.5, 0.6) is 0 Å². The molecule has 1 amide bonds. The molecule has 7 heteroatoms. The Bertz CT molecular complexity index is 884. The molecule has 3 aromatic rings. The summed E-state index contributed by atoms with van der Waals surface area (Å²) >= 11 is 0. The Balaban J connectivity index is 1.92. The molecule has 1 N–H and O–H groups in total. The van der Waals surface area contributed by atoms with Gasteiger partial charge in [0, 0.05) is 12.4 Å². The van der Waals surface area contributed by atoms with Crippen molar-refractivity contribution in [3.05, 3.63) is 65.6 Å². The molecule has 0 aliphatic carbocycles. The van der Waals surface area contributed by atoms with Crippen LogP contribution in [-0.2, 0) is 6.18 Å². The van der Waals surface area contributed by atoms with Crippen molar-refractivity contribution in [2.24, 2.45) is 0 Å². The highest BCUT2D eigenvalue weighted by molar-refractivity contribution is 6.03. The highest BCUT2D eigenvalue weighted by atomic mass is 19.4. The van der Waals surface area contributed by atoms with Crippen LogP contribution in [0.25, 0.3) is 5.65 Å². The quantitative estimate of drug-likeness (QED) is 0.778. The number of imidazole rings is 1. The number of benzene rings is 1. The van der Waals surface area contributed by atoms with Gasteiger partial charge in [-0.25, -0.2) is 4.98 Å². The van der Waals surface area contributed by atoms with E-state index in [1.807, 2.05) is 13.0 Å². The Morgan fingerprint density at radius 1 is 1.22 bits per heavy atom. The number of aryl methyl sites for hydroxylation is 1. The molecule has 0 saturated heterocycles. The first-order valence-corrected chi connectivity index (χ1v) is 6.77. The van der Waals surface area contributed by atoms with E-state index < -0.39 is 17.6 Å². The van der Waals surface area contributed by atoms with Crippen LogP contribution in [0.2, 0.25) is 0 Å². The lowest BCUT2D eigenvalue weighted by molar-refractivity contribution is -0.136. The van der Waals surface area contributed by atoms with E-state index in [-0.39, 0.29) is 11.4 Å². The number of carbonyl (C=O) groups excluding carboxylic acids is 1. The lowest BCUT2D eigenvalue weighted by Gasteiger charge is -2.12. The molecule has 0 fully saturated rings. The van der Waals surface area contributed by atoms with E-state index >= 15 is 0 Å². The molecule has 2 heterocycles. The number of halogens is 3. The SMILES string of the molecule is Cc1ccn2cc(C(=O)Nc3ccccc3C(F)(F)F)nc2c1. The van der Waals surface area contributed by atoms with Crippen LogP contribution in [0.4, 0.5) is 18.9 Å². The molecule has 0 bridgehead atoms. The molecule has 0 aliphatic rings. The fourth-order valence-corrected chi connectivity index (χ4v) is 2.22. The maximum atomic E-state index is 12.9. The van der Waals surface area contributed by atoms with Crippen molar-refractivity contribution in [2.75, 3.05) is 5.32 Å². The maximum Gasteiger partial charge on any atom is 0.418 e. The molecule has 4 nitrogen and oxygen atoms in total. The van der Waals surface area contributed by atoms with Gasteiger partial charge in [0.1, 0.15) is 11.3 Å². The Labute approximate surface area is 129 Å². The minimum Gasteiger partial charge on any atom is -0.320 e. The number of para-hydroxylation sites is 1. The second kappa shape index (κ2) is 5.42. The predicted octanol–water partition coefficient (Wildman–Crippen LogP) is 3.91. The van der Waals surface area contributed by atoms with E-state index in [0.717, 1.165) is 11.6 Å². The van der Waals surface area contributed by atoms with Crippen molar-refractivity contribution in [2.45, 2.75) is 13.1 Å². The molecule has 1 aromatic carbocycles. The summed E-state index contributed by atoms with van der Waals surface area (Å²) in [7, 11) is 0. The van der Waals surface area contributed by atoms with Crippen LogP contribution in [0.1, 0.15) is 21.6 Å². The van der Waals surface area contributed by atoms with Crippen molar-refractivity contribution in [1.82, 2.24) is 9.38 Å². The van der Waals surface area contributed by atoms with Crippen molar-refractivity contribution in [3.8, 4) is 0 Å². The van der Waals surface area contributed by atoms with Gasteiger partial charge in [0.2, 0.25) is 0 Å². The lowest BCUT2D eigenvalue weighted by Crippen LogP contribution is -2.16. The molecule has 2 aromatic heterocycles. The van der Waals surface area contributed by atoms with E-state index in [9.17, 15) is 18.0 Å². The number of nitrogens with one attached hydrogen (secondary N) is 1. The summed E-state index contributed by atoms with van der Waals surface area (Å²) in [5.41, 5.74) is 0.385. The third kappa shape index (κ3) is 3.03. The van der Waals surface area contributed by atoms with Gasteiger partial charge in [-0.05, 0) is 36.8 Å². The average molecular weight is 319 g/mol. The Kier molecular flexibility index (Phi) is 3.55. The number of rotatable bonds is 2. The van der Waals surface area contributed by atoms with E-state index in [1.165, 1.54) is 24.4 Å². The number of amides is 1. The Hall–Kier alpha value is -2.83. The highest BCUT2D eigenvalue weighted by Crippen LogP contribution is 2.34. The number of aromatic nitrogens is 2. The summed E-state index contributed by atoms with van der Waals surface area (Å²) in [6, 6.07) is 8.45. The summed E-state index contributed by atoms with van der Waals surface area (Å²) in [5, 5.41) is 2.27. The summed E-state index contributed by atoms with van der Waals surface area (Å²) in [5.74, 6) is -0.692. The minimum absolute atomic E-state index is 0.0487. The number of fused-ring (bicyclic) bond motifs is 1. The van der Waals surface area contributed by atoms with Crippen molar-refractivity contribution in [1.29, 1.82) is 0 Å². The standard InChI is InChI=1S/C16H12F3N3O/c1-10-6-7-22-9-13(20-14(22)8-10)15(23)21-12-5-3-2-4-11(12)16(17,18)19/h2-9H,1H3,(H,21,23). The number of anilines is 1. The molecule has 0 unspecified atom stereocenters. The topological polar surface area (TPSA) is 46.4 Å². The molecule has 0 radical (unpaired) electrons. The number of hydrogen-bond acceptors (Lipinski definition) is 2. The first-order chi connectivity index (χ1) is 10.8. The van der Waals surface area contributed by atoms with Crippen LogP contribution in [-0.4, -0.2) is 15.3 Å². The number of carbonyl (C=O) groups is 1. The molecule has 23 heavy (non-hydrogen) atoms. The Morgan fingerprint density at radius 2 is 1.96 bits per heavy atom. The third-order valence-electron chi connectivity index (χ3n) is 3.33. The second-order valence-corrected chi connectivity index (χ2v) is 5.09. The zero-order valence-electron chi connectivity index (χ0n) is 12.1. The molecule has 0 aliphatic heterocycles. The van der Waals surface area contributed by atoms with Crippen molar-refractivity contribution >= 4 is 17.2 Å². The molecular weight excluding hydrogens is 307 g/mol. The van der Waals surface area contributed by atoms with Crippen LogP contribution in [0, 0.1) is 6.92 Å². The third-order valence-corrected chi connectivity index (χ3v) is 3.33. The first-order valence-electron chi connectivity index (χ1n) is 6.77. The van der Waals surface area contributed by atoms with Crippen LogP contribution < -0.4 is 5.32 Å². The number of nitrogens with zero attached hydrogens (tertiary/aromatic N) is 2. The van der Waals surface area contributed by atoms with Crippen LogP contribution in [0.3, 0.4) is 0 Å². The van der Waals surface area contributed by atoms with E-state index in [2.05, 4.69) is 10.3 Å². The number of hydrogen-bond donors (Lipinski definition) is 1. The molecule has 3 rings (SSSR count). The van der Waals surface area contributed by atoms with Crippen LogP contribution >= 0.6 is 0 Å². The molecule has 0 atom stereocenters. The van der Waals surface area contributed by atoms with Crippen molar-refractivity contribution in [3.63, 3.8) is 0 Å². The Morgan fingerprint density at radius 3 is 2.70 bits per heavy atom. The van der Waals surface area contributed by atoms with Gasteiger partial charge in [-0.15, -0.1) is 0 Å². The summed E-state index contributed by atoms with van der Waals surface area (Å²) in [4.78, 5) is 16.3. The van der Waals surface area contributed by atoms with Gasteiger partial charge in [-0.1, -0.05) is 12.1 Å². The molecule has 0 saturated carbocycles. The van der Waals surface area contributed by atoms with E-state index in [0.29, 0.717) is 5.65 Å². The normalized spacial score (nSPS) is 11.7. The number of pyridine rings is 1. The maximum absolute atomic E-state index is 12.9. The molecule has 118 valence electrons. The smallest absolute Gasteiger partial charge is 0.320 e. The van der Waals surface area contributed by atoms with Gasteiger partial charge in [-0.2, -0.15) is 13.2 Å². The summed E-state index contributed by atoms with van der Waals surface area (Å²) in [6.45, 7) is 1.88. The van der Waals surface area contributed by atoms with Gasteiger partial charge in [0.15, 0.2) is 0 Å². The zero-order chi connectivity index (χ0) is 16.6. The number of alkyl halides is 3. The van der Waals surface area contributed by atoms with E-state index in [4.69, 9.17) is 0 Å². The summed E-state index contributed by atoms with van der Waals surface area (Å²) < 4.78 is 40.5. The monoisotopic (exact) mass is 319 g/mol. The predicted molar refractivity (Wildman–Crippen MR) is 79.3 cm³/mol. The largest absolute Gasteiger partial charge is 0.418 e. The zero-order valence-corrected chi connectivity index (χ0v) is 12.1. The first kappa shape index (κ1) is 15.1. The van der Waals surface area contributed by atoms with Gasteiger partial charge in [-0.3, -0.25) is 4.79 Å². The summed E-state index contributed by atoms with van der Waals surface area (Å²) in [6.07, 6.45) is -1.34. The lowest BCUT2D eigenvalue weighted by atomic mass is 10.1. The van der Waals surface area contributed by atoms with Gasteiger partial charge < -0.3 is 9.72 Å². The second-order valence-electron chi connectivity index (χ2n) is 5.09. The molecule has 0 spiro atoms. The van der Waals surface area contributed by atoms with E-state index in [1.54, 1.807) is 16.7 Å². The van der Waals surface area contributed by atoms with Crippen molar-refractivity contribution < 1.29 is 18.0 Å². The fourth-order valence-electron chi connectivity index (χ4n) is 2.22. The average Bonchev–Trinajstić information content (AvgIpc) is 2.89.